The minimum absolute atomic E-state index is 0.0375. The van der Waals surface area contributed by atoms with Crippen molar-refractivity contribution in [2.24, 2.45) is 0 Å². The first-order valence-electron chi connectivity index (χ1n) is 8.57. The van der Waals surface area contributed by atoms with E-state index in [1.165, 1.54) is 17.0 Å². The van der Waals surface area contributed by atoms with Crippen molar-refractivity contribution in [3.8, 4) is 0 Å². The second kappa shape index (κ2) is 7.85. The molecule has 0 aromatic heterocycles. The third kappa shape index (κ3) is 4.03. The molecule has 1 aliphatic rings. The van der Waals surface area contributed by atoms with Crippen LogP contribution in [-0.4, -0.2) is 41.9 Å². The largest absolute Gasteiger partial charge is 0.328 e. The lowest BCUT2D eigenvalue weighted by Gasteiger charge is -2.32. The van der Waals surface area contributed by atoms with Gasteiger partial charge in [-0.15, -0.1) is 0 Å². The van der Waals surface area contributed by atoms with Crippen LogP contribution in [0.3, 0.4) is 0 Å². The van der Waals surface area contributed by atoms with E-state index in [0.29, 0.717) is 24.2 Å². The summed E-state index contributed by atoms with van der Waals surface area (Å²) in [7, 11) is 0. The van der Waals surface area contributed by atoms with Crippen molar-refractivity contribution >= 4 is 23.2 Å². The monoisotopic (exact) mass is 374 g/mol. The molecule has 1 saturated heterocycles. The Bertz CT molecular complexity index is 833. The Kier molecular flexibility index (Phi) is 5.54. The third-order valence-corrected chi connectivity index (χ3v) is 5.17. The molecular formula is C19H21ClN3O3+. The summed E-state index contributed by atoms with van der Waals surface area (Å²) in [6.07, 6.45) is 0. The van der Waals surface area contributed by atoms with Gasteiger partial charge in [0.25, 0.3) is 11.6 Å². The molecule has 136 valence electrons. The summed E-state index contributed by atoms with van der Waals surface area (Å²) >= 11 is 6.23. The topological polar surface area (TPSA) is 67.9 Å². The van der Waals surface area contributed by atoms with Crippen molar-refractivity contribution in [1.29, 1.82) is 0 Å². The van der Waals surface area contributed by atoms with Crippen LogP contribution in [0.5, 0.6) is 0 Å². The van der Waals surface area contributed by atoms with Crippen molar-refractivity contribution in [2.75, 3.05) is 26.2 Å². The fourth-order valence-corrected chi connectivity index (χ4v) is 3.49. The van der Waals surface area contributed by atoms with Gasteiger partial charge in [0.05, 0.1) is 31.1 Å². The molecule has 1 fully saturated rings. The zero-order valence-corrected chi connectivity index (χ0v) is 15.3. The highest BCUT2D eigenvalue weighted by Gasteiger charge is 2.25. The number of hydrogen-bond donors (Lipinski definition) is 1. The molecular weight excluding hydrogens is 354 g/mol. The van der Waals surface area contributed by atoms with Crippen LogP contribution in [0, 0.1) is 17.0 Å². The summed E-state index contributed by atoms with van der Waals surface area (Å²) in [5, 5.41) is 11.7. The number of amides is 1. The molecule has 0 atom stereocenters. The molecule has 2 aromatic carbocycles. The molecule has 26 heavy (non-hydrogen) atoms. The Balaban J connectivity index is 1.61. The van der Waals surface area contributed by atoms with Crippen LogP contribution in [0.15, 0.2) is 42.5 Å². The molecule has 0 saturated carbocycles. The Morgan fingerprint density at radius 2 is 1.92 bits per heavy atom. The number of nitrogens with one attached hydrogen (secondary N) is 1. The van der Waals surface area contributed by atoms with E-state index in [1.54, 1.807) is 13.0 Å². The van der Waals surface area contributed by atoms with Crippen molar-refractivity contribution in [1.82, 2.24) is 4.90 Å². The van der Waals surface area contributed by atoms with Crippen LogP contribution in [0.1, 0.15) is 21.5 Å². The quantitative estimate of drug-likeness (QED) is 0.658. The van der Waals surface area contributed by atoms with Crippen LogP contribution in [-0.2, 0) is 6.54 Å². The maximum Gasteiger partial charge on any atom is 0.272 e. The van der Waals surface area contributed by atoms with Gasteiger partial charge < -0.3 is 9.80 Å². The summed E-state index contributed by atoms with van der Waals surface area (Å²) in [5.74, 6) is -0.0696. The Morgan fingerprint density at radius 3 is 2.54 bits per heavy atom. The number of piperazine rings is 1. The van der Waals surface area contributed by atoms with E-state index in [4.69, 9.17) is 11.6 Å². The minimum Gasteiger partial charge on any atom is -0.328 e. The predicted molar refractivity (Wildman–Crippen MR) is 99.6 cm³/mol. The number of rotatable bonds is 4. The zero-order chi connectivity index (χ0) is 18.7. The molecule has 0 aliphatic carbocycles. The van der Waals surface area contributed by atoms with Crippen LogP contribution >= 0.6 is 11.6 Å². The molecule has 0 spiro atoms. The Hall–Kier alpha value is -2.44. The molecule has 0 radical (unpaired) electrons. The molecule has 2 aromatic rings. The molecule has 7 heteroatoms. The summed E-state index contributed by atoms with van der Waals surface area (Å²) in [6.45, 7) is 5.52. The number of nitrogens with zero attached hydrogens (tertiary/aromatic N) is 2. The van der Waals surface area contributed by atoms with Gasteiger partial charge in [-0.05, 0) is 25.1 Å². The summed E-state index contributed by atoms with van der Waals surface area (Å²) in [6, 6.07) is 12.4. The number of carbonyl (C=O) groups excluding carboxylic acids is 1. The molecule has 1 aliphatic heterocycles. The fourth-order valence-electron chi connectivity index (χ4n) is 3.29. The van der Waals surface area contributed by atoms with E-state index in [0.717, 1.165) is 30.2 Å². The second-order valence-corrected chi connectivity index (χ2v) is 6.98. The van der Waals surface area contributed by atoms with Gasteiger partial charge in [0.1, 0.15) is 6.54 Å². The Labute approximate surface area is 157 Å². The highest BCUT2D eigenvalue weighted by Crippen LogP contribution is 2.20. The number of nitro groups is 1. The summed E-state index contributed by atoms with van der Waals surface area (Å²) in [5.41, 5.74) is 2.16. The van der Waals surface area contributed by atoms with E-state index in [2.05, 4.69) is 0 Å². The van der Waals surface area contributed by atoms with E-state index >= 15 is 0 Å². The normalized spacial score (nSPS) is 15.1. The van der Waals surface area contributed by atoms with E-state index < -0.39 is 4.92 Å². The highest BCUT2D eigenvalue weighted by molar-refractivity contribution is 6.31. The highest BCUT2D eigenvalue weighted by atomic mass is 35.5. The summed E-state index contributed by atoms with van der Waals surface area (Å²) < 4.78 is 0. The molecule has 0 bridgehead atoms. The van der Waals surface area contributed by atoms with Gasteiger partial charge in [-0.25, -0.2) is 0 Å². The lowest BCUT2D eigenvalue weighted by molar-refractivity contribution is -0.917. The number of quaternary nitrogens is 1. The van der Waals surface area contributed by atoms with Gasteiger partial charge in [-0.2, -0.15) is 0 Å². The van der Waals surface area contributed by atoms with Crippen molar-refractivity contribution < 1.29 is 14.6 Å². The fraction of sp³-hybridized carbons (Fsp3) is 0.316. The molecule has 3 rings (SSSR count). The number of benzene rings is 2. The van der Waals surface area contributed by atoms with Crippen molar-refractivity contribution in [3.63, 3.8) is 0 Å². The SMILES string of the molecule is Cc1cc(C(=O)N2CC[NH+](Cc3ccccc3Cl)CC2)ccc1[N+](=O)[O-]. The predicted octanol–water partition coefficient (Wildman–Crippen LogP) is 2.10. The number of nitro benzene ring substituents is 1. The van der Waals surface area contributed by atoms with Gasteiger partial charge >= 0.3 is 0 Å². The lowest BCUT2D eigenvalue weighted by Crippen LogP contribution is -3.13. The number of carbonyl (C=O) groups is 1. The van der Waals surface area contributed by atoms with Gasteiger partial charge in [0.15, 0.2) is 0 Å². The third-order valence-electron chi connectivity index (χ3n) is 4.80. The molecule has 1 N–H and O–H groups in total. The average molecular weight is 375 g/mol. The van der Waals surface area contributed by atoms with Gasteiger partial charge in [-0.3, -0.25) is 14.9 Å². The zero-order valence-electron chi connectivity index (χ0n) is 14.6. The average Bonchev–Trinajstić information content (AvgIpc) is 2.63. The maximum atomic E-state index is 12.7. The standard InChI is InChI=1S/C19H20ClN3O3/c1-14-12-15(6-7-18(14)23(25)26)19(24)22-10-8-21(9-11-22)13-16-4-2-3-5-17(16)20/h2-7,12H,8-11,13H2,1H3/p+1. The summed E-state index contributed by atoms with van der Waals surface area (Å²) in [4.78, 5) is 26.4. The number of hydrogen-bond acceptors (Lipinski definition) is 3. The van der Waals surface area contributed by atoms with Gasteiger partial charge in [0, 0.05) is 27.8 Å². The lowest BCUT2D eigenvalue weighted by atomic mass is 10.1. The van der Waals surface area contributed by atoms with E-state index in [-0.39, 0.29) is 11.6 Å². The number of aryl methyl sites for hydroxylation is 1. The molecule has 1 amide bonds. The Morgan fingerprint density at radius 1 is 1.23 bits per heavy atom. The van der Waals surface area contributed by atoms with Crippen LogP contribution in [0.25, 0.3) is 0 Å². The maximum absolute atomic E-state index is 12.7. The first-order chi connectivity index (χ1) is 12.5. The van der Waals surface area contributed by atoms with Crippen LogP contribution in [0.2, 0.25) is 5.02 Å². The van der Waals surface area contributed by atoms with E-state index in [1.807, 2.05) is 29.2 Å². The van der Waals surface area contributed by atoms with Gasteiger partial charge in [0.2, 0.25) is 0 Å². The molecule has 1 heterocycles. The van der Waals surface area contributed by atoms with Gasteiger partial charge in [-0.1, -0.05) is 29.8 Å². The smallest absolute Gasteiger partial charge is 0.272 e. The number of halogens is 1. The molecule has 0 unspecified atom stereocenters. The van der Waals surface area contributed by atoms with Crippen LogP contribution < -0.4 is 4.90 Å². The second-order valence-electron chi connectivity index (χ2n) is 6.57. The van der Waals surface area contributed by atoms with Crippen LogP contribution in [0.4, 0.5) is 5.69 Å². The molecule has 6 nitrogen and oxygen atoms in total. The first kappa shape index (κ1) is 18.4. The van der Waals surface area contributed by atoms with E-state index in [9.17, 15) is 14.9 Å². The van der Waals surface area contributed by atoms with Crippen molar-refractivity contribution in [3.05, 3.63) is 74.3 Å². The first-order valence-corrected chi connectivity index (χ1v) is 8.95. The minimum atomic E-state index is -0.430. The van der Waals surface area contributed by atoms with Crippen molar-refractivity contribution in [2.45, 2.75) is 13.5 Å².